The van der Waals surface area contributed by atoms with E-state index in [4.69, 9.17) is 5.73 Å². The van der Waals surface area contributed by atoms with Crippen molar-refractivity contribution >= 4 is 33.2 Å². The van der Waals surface area contributed by atoms with Crippen LogP contribution >= 0.6 is 15.9 Å². The summed E-state index contributed by atoms with van der Waals surface area (Å²) in [5.41, 5.74) is 10.8. The number of carbonyl (C=O) groups excluding carboxylic acids is 1. The number of amides is 1. The molecule has 1 amide bonds. The van der Waals surface area contributed by atoms with Gasteiger partial charge in [0.05, 0.1) is 11.3 Å². The normalized spacial score (nSPS) is 11.2. The second kappa shape index (κ2) is 6.34. The Kier molecular flexibility index (Phi) is 4.53. The van der Waals surface area contributed by atoms with Crippen molar-refractivity contribution in [2.75, 3.05) is 5.73 Å². The molecule has 0 bridgehead atoms. The highest BCUT2D eigenvalue weighted by atomic mass is 79.9. The highest BCUT2D eigenvalue weighted by Gasteiger charge is 2.07. The van der Waals surface area contributed by atoms with Crippen molar-refractivity contribution in [1.29, 1.82) is 0 Å². The van der Waals surface area contributed by atoms with Crippen molar-refractivity contribution in [2.45, 2.75) is 6.92 Å². The topological polar surface area (TPSA) is 67.5 Å². The van der Waals surface area contributed by atoms with E-state index in [0.29, 0.717) is 11.3 Å². The number of anilines is 1. The molecule has 0 aliphatic heterocycles. The molecule has 2 rings (SSSR count). The zero-order chi connectivity index (χ0) is 14.5. The maximum atomic E-state index is 11.9. The summed E-state index contributed by atoms with van der Waals surface area (Å²) in [7, 11) is 0. The van der Waals surface area contributed by atoms with E-state index in [-0.39, 0.29) is 5.91 Å². The highest BCUT2D eigenvalue weighted by molar-refractivity contribution is 9.10. The SMILES string of the molecule is CC(=NNC(=O)c1ccccc1N)c1ccc(Br)cc1. The van der Waals surface area contributed by atoms with Crippen LogP contribution in [-0.2, 0) is 0 Å². The first kappa shape index (κ1) is 14.3. The van der Waals surface area contributed by atoms with Crippen molar-refractivity contribution in [2.24, 2.45) is 5.10 Å². The van der Waals surface area contributed by atoms with Gasteiger partial charge in [0.25, 0.3) is 5.91 Å². The van der Waals surface area contributed by atoms with E-state index in [9.17, 15) is 4.79 Å². The Hall–Kier alpha value is -2.14. The van der Waals surface area contributed by atoms with Crippen LogP contribution in [0.15, 0.2) is 58.1 Å². The van der Waals surface area contributed by atoms with Crippen LogP contribution in [0, 0.1) is 0 Å². The Balaban J connectivity index is 2.11. The summed E-state index contributed by atoms with van der Waals surface area (Å²) in [4.78, 5) is 11.9. The number of hydrogen-bond acceptors (Lipinski definition) is 3. The average molecular weight is 332 g/mol. The lowest BCUT2D eigenvalue weighted by atomic mass is 10.1. The third-order valence-electron chi connectivity index (χ3n) is 2.79. The number of hydrazone groups is 1. The van der Waals surface area contributed by atoms with Gasteiger partial charge in [-0.25, -0.2) is 5.43 Å². The Morgan fingerprint density at radius 2 is 1.80 bits per heavy atom. The van der Waals surface area contributed by atoms with Gasteiger partial charge in [0.1, 0.15) is 0 Å². The number of rotatable bonds is 3. The number of hydrogen-bond donors (Lipinski definition) is 2. The lowest BCUT2D eigenvalue weighted by Crippen LogP contribution is -2.20. The van der Waals surface area contributed by atoms with Gasteiger partial charge in [-0.15, -0.1) is 0 Å². The summed E-state index contributed by atoms with van der Waals surface area (Å²) in [5.74, 6) is -0.320. The molecule has 0 unspecified atom stereocenters. The van der Waals surface area contributed by atoms with Gasteiger partial charge in [0.15, 0.2) is 0 Å². The van der Waals surface area contributed by atoms with E-state index in [1.54, 1.807) is 24.3 Å². The van der Waals surface area contributed by atoms with Crippen molar-refractivity contribution in [3.63, 3.8) is 0 Å². The van der Waals surface area contributed by atoms with Gasteiger partial charge >= 0.3 is 0 Å². The smallest absolute Gasteiger partial charge is 0.273 e. The quantitative estimate of drug-likeness (QED) is 0.515. The van der Waals surface area contributed by atoms with Gasteiger partial charge in [0.2, 0.25) is 0 Å². The fourth-order valence-corrected chi connectivity index (χ4v) is 1.92. The van der Waals surface area contributed by atoms with Crippen LogP contribution in [0.2, 0.25) is 0 Å². The number of nitrogens with zero attached hydrogens (tertiary/aromatic N) is 1. The van der Waals surface area contributed by atoms with Crippen molar-refractivity contribution in [1.82, 2.24) is 5.43 Å². The number of nitrogen functional groups attached to an aromatic ring is 1. The molecule has 0 saturated heterocycles. The average Bonchev–Trinajstić information content (AvgIpc) is 2.45. The molecule has 20 heavy (non-hydrogen) atoms. The minimum atomic E-state index is -0.320. The standard InChI is InChI=1S/C15H14BrN3O/c1-10(11-6-8-12(16)9-7-11)18-19-15(20)13-4-2-3-5-14(13)17/h2-9H,17H2,1H3,(H,19,20). The van der Waals surface area contributed by atoms with Crippen LogP contribution in [0.25, 0.3) is 0 Å². The Labute approximate surface area is 125 Å². The molecule has 5 heteroatoms. The van der Waals surface area contributed by atoms with Crippen molar-refractivity contribution in [3.8, 4) is 0 Å². The largest absolute Gasteiger partial charge is 0.398 e. The first-order valence-corrected chi connectivity index (χ1v) is 6.82. The predicted octanol–water partition coefficient (Wildman–Crippen LogP) is 3.19. The number of nitrogens with one attached hydrogen (secondary N) is 1. The Bertz CT molecular complexity index is 650. The molecular weight excluding hydrogens is 318 g/mol. The maximum Gasteiger partial charge on any atom is 0.273 e. The van der Waals surface area contributed by atoms with Gasteiger partial charge in [0, 0.05) is 10.2 Å². The van der Waals surface area contributed by atoms with E-state index in [1.165, 1.54) is 0 Å². The molecule has 2 aromatic carbocycles. The molecule has 102 valence electrons. The lowest BCUT2D eigenvalue weighted by Gasteiger charge is -2.05. The van der Waals surface area contributed by atoms with Crippen LogP contribution in [0.1, 0.15) is 22.8 Å². The second-order valence-electron chi connectivity index (χ2n) is 4.23. The monoisotopic (exact) mass is 331 g/mol. The molecule has 0 atom stereocenters. The van der Waals surface area contributed by atoms with E-state index >= 15 is 0 Å². The van der Waals surface area contributed by atoms with E-state index < -0.39 is 0 Å². The summed E-state index contributed by atoms with van der Waals surface area (Å²) >= 11 is 3.37. The van der Waals surface area contributed by atoms with Crippen molar-refractivity contribution in [3.05, 3.63) is 64.1 Å². The Morgan fingerprint density at radius 1 is 1.15 bits per heavy atom. The summed E-state index contributed by atoms with van der Waals surface area (Å²) in [6.07, 6.45) is 0. The third kappa shape index (κ3) is 3.45. The van der Waals surface area contributed by atoms with E-state index in [0.717, 1.165) is 15.7 Å². The maximum absolute atomic E-state index is 11.9. The highest BCUT2D eigenvalue weighted by Crippen LogP contribution is 2.12. The predicted molar refractivity (Wildman–Crippen MR) is 84.7 cm³/mol. The minimum absolute atomic E-state index is 0.320. The van der Waals surface area contributed by atoms with Gasteiger partial charge in [-0.05, 0) is 36.8 Å². The molecule has 0 aromatic heterocycles. The summed E-state index contributed by atoms with van der Waals surface area (Å²) in [5, 5.41) is 4.09. The molecular formula is C15H14BrN3O. The number of carbonyl (C=O) groups is 1. The second-order valence-corrected chi connectivity index (χ2v) is 5.15. The fourth-order valence-electron chi connectivity index (χ4n) is 1.65. The molecule has 0 radical (unpaired) electrons. The van der Waals surface area contributed by atoms with Crippen LogP contribution in [0.4, 0.5) is 5.69 Å². The third-order valence-corrected chi connectivity index (χ3v) is 3.32. The van der Waals surface area contributed by atoms with Crippen LogP contribution in [0.5, 0.6) is 0 Å². The molecule has 2 aromatic rings. The number of para-hydroxylation sites is 1. The zero-order valence-corrected chi connectivity index (χ0v) is 12.5. The molecule has 3 N–H and O–H groups in total. The lowest BCUT2D eigenvalue weighted by molar-refractivity contribution is 0.0955. The number of halogens is 1. The first-order chi connectivity index (χ1) is 9.58. The number of nitrogens with two attached hydrogens (primary N) is 1. The minimum Gasteiger partial charge on any atom is -0.398 e. The molecule has 0 heterocycles. The molecule has 0 spiro atoms. The van der Waals surface area contributed by atoms with E-state index in [1.807, 2.05) is 31.2 Å². The van der Waals surface area contributed by atoms with Crippen LogP contribution in [0.3, 0.4) is 0 Å². The number of benzene rings is 2. The summed E-state index contributed by atoms with van der Waals surface area (Å²) in [6, 6.07) is 14.6. The summed E-state index contributed by atoms with van der Waals surface area (Å²) in [6.45, 7) is 1.83. The van der Waals surface area contributed by atoms with Crippen molar-refractivity contribution < 1.29 is 4.79 Å². The molecule has 0 aliphatic carbocycles. The Morgan fingerprint density at radius 3 is 2.45 bits per heavy atom. The molecule has 0 aliphatic rings. The molecule has 4 nitrogen and oxygen atoms in total. The molecule has 0 fully saturated rings. The first-order valence-electron chi connectivity index (χ1n) is 6.03. The van der Waals surface area contributed by atoms with Gasteiger partial charge in [-0.2, -0.15) is 5.10 Å². The van der Waals surface area contributed by atoms with Crippen LogP contribution in [-0.4, -0.2) is 11.6 Å². The summed E-state index contributed by atoms with van der Waals surface area (Å²) < 4.78 is 0.996. The zero-order valence-electron chi connectivity index (χ0n) is 10.9. The van der Waals surface area contributed by atoms with Gasteiger partial charge < -0.3 is 5.73 Å². The fraction of sp³-hybridized carbons (Fsp3) is 0.0667. The van der Waals surface area contributed by atoms with E-state index in [2.05, 4.69) is 26.5 Å². The molecule has 0 saturated carbocycles. The van der Waals surface area contributed by atoms with Gasteiger partial charge in [-0.3, -0.25) is 4.79 Å². The van der Waals surface area contributed by atoms with Crippen LogP contribution < -0.4 is 11.2 Å². The van der Waals surface area contributed by atoms with Gasteiger partial charge in [-0.1, -0.05) is 40.2 Å².